The van der Waals surface area contributed by atoms with Gasteiger partial charge >= 0.3 is 0 Å². The van der Waals surface area contributed by atoms with Crippen LogP contribution in [0.3, 0.4) is 0 Å². The molecule has 0 saturated heterocycles. The lowest BCUT2D eigenvalue weighted by molar-refractivity contribution is 0.904. The van der Waals surface area contributed by atoms with Crippen molar-refractivity contribution in [3.05, 3.63) is 58.7 Å². The van der Waals surface area contributed by atoms with E-state index in [-0.39, 0.29) is 0 Å². The number of rotatable bonds is 3. The van der Waals surface area contributed by atoms with Crippen LogP contribution in [-0.2, 0) is 6.54 Å². The Bertz CT molecular complexity index is 565. The zero-order valence-corrected chi connectivity index (χ0v) is 12.2. The Morgan fingerprint density at radius 1 is 1.00 bits per heavy atom. The van der Waals surface area contributed by atoms with Gasteiger partial charge in [-0.25, -0.2) is 0 Å². The predicted molar refractivity (Wildman–Crippen MR) is 83.6 cm³/mol. The molecule has 0 heterocycles. The molecule has 2 aromatic carbocycles. The summed E-state index contributed by atoms with van der Waals surface area (Å²) >= 11 is 0. The second kappa shape index (κ2) is 5.35. The standard InChI is InChI=1S/C17H22N2/c1-12-8-13(2)17(14(3)9-12)11-19(4)16-7-5-6-15(18)10-16/h5-10H,11,18H2,1-4H3. The van der Waals surface area contributed by atoms with Crippen molar-refractivity contribution in [2.24, 2.45) is 0 Å². The minimum atomic E-state index is 0.807. The number of hydrogen-bond acceptors (Lipinski definition) is 2. The molecule has 2 N–H and O–H groups in total. The average molecular weight is 254 g/mol. The Morgan fingerprint density at radius 3 is 2.21 bits per heavy atom. The molecule has 0 aliphatic heterocycles. The molecule has 19 heavy (non-hydrogen) atoms. The minimum absolute atomic E-state index is 0.807. The molecule has 2 nitrogen and oxygen atoms in total. The number of benzene rings is 2. The van der Waals surface area contributed by atoms with Gasteiger partial charge in [0.05, 0.1) is 0 Å². The van der Waals surface area contributed by atoms with Gasteiger partial charge in [-0.15, -0.1) is 0 Å². The highest BCUT2D eigenvalue weighted by Gasteiger charge is 2.08. The van der Waals surface area contributed by atoms with E-state index < -0.39 is 0 Å². The number of hydrogen-bond donors (Lipinski definition) is 1. The summed E-state index contributed by atoms with van der Waals surface area (Å²) < 4.78 is 0. The van der Waals surface area contributed by atoms with E-state index >= 15 is 0 Å². The summed E-state index contributed by atoms with van der Waals surface area (Å²) in [6.45, 7) is 7.41. The van der Waals surface area contributed by atoms with Crippen LogP contribution in [0.25, 0.3) is 0 Å². The van der Waals surface area contributed by atoms with Gasteiger partial charge in [0.2, 0.25) is 0 Å². The number of nitrogens with two attached hydrogens (primary N) is 1. The minimum Gasteiger partial charge on any atom is -0.399 e. The Kier molecular flexibility index (Phi) is 3.79. The molecule has 2 aromatic rings. The molecule has 0 fully saturated rings. The molecule has 0 amide bonds. The molecule has 0 unspecified atom stereocenters. The molecular formula is C17H22N2. The maximum absolute atomic E-state index is 5.84. The fourth-order valence-electron chi connectivity index (χ4n) is 2.55. The summed E-state index contributed by atoms with van der Waals surface area (Å²) in [5.74, 6) is 0. The Morgan fingerprint density at radius 2 is 1.63 bits per heavy atom. The van der Waals surface area contributed by atoms with Gasteiger partial charge in [-0.2, -0.15) is 0 Å². The summed E-state index contributed by atoms with van der Waals surface area (Å²) in [5.41, 5.74) is 13.2. The molecule has 100 valence electrons. The topological polar surface area (TPSA) is 29.3 Å². The van der Waals surface area contributed by atoms with Crippen LogP contribution in [0.5, 0.6) is 0 Å². The maximum Gasteiger partial charge on any atom is 0.0431 e. The van der Waals surface area contributed by atoms with Crippen LogP contribution in [0, 0.1) is 20.8 Å². The normalized spacial score (nSPS) is 10.5. The third kappa shape index (κ3) is 3.08. The van der Waals surface area contributed by atoms with Crippen LogP contribution in [0.1, 0.15) is 22.3 Å². The van der Waals surface area contributed by atoms with Crippen molar-refractivity contribution >= 4 is 11.4 Å². The lowest BCUT2D eigenvalue weighted by Crippen LogP contribution is -2.18. The Hall–Kier alpha value is -1.96. The summed E-state index contributed by atoms with van der Waals surface area (Å²) in [5, 5.41) is 0. The van der Waals surface area contributed by atoms with Crippen LogP contribution >= 0.6 is 0 Å². The van der Waals surface area contributed by atoms with Crippen LogP contribution in [0.2, 0.25) is 0 Å². The van der Waals surface area contributed by atoms with E-state index in [1.54, 1.807) is 0 Å². The van der Waals surface area contributed by atoms with Crippen molar-refractivity contribution in [1.82, 2.24) is 0 Å². The quantitative estimate of drug-likeness (QED) is 0.843. The van der Waals surface area contributed by atoms with Gasteiger partial charge in [-0.1, -0.05) is 23.8 Å². The van der Waals surface area contributed by atoms with Gasteiger partial charge in [0.15, 0.2) is 0 Å². The van der Waals surface area contributed by atoms with Crippen molar-refractivity contribution in [1.29, 1.82) is 0 Å². The van der Waals surface area contributed by atoms with Crippen LogP contribution in [-0.4, -0.2) is 7.05 Å². The molecule has 2 heteroatoms. The number of aryl methyl sites for hydroxylation is 3. The van der Waals surface area contributed by atoms with Gasteiger partial charge in [-0.05, 0) is 55.7 Å². The molecular weight excluding hydrogens is 232 g/mol. The van der Waals surface area contributed by atoms with E-state index in [9.17, 15) is 0 Å². The summed E-state index contributed by atoms with van der Waals surface area (Å²) in [6, 6.07) is 12.5. The predicted octanol–water partition coefficient (Wildman–Crippen LogP) is 3.83. The zero-order valence-electron chi connectivity index (χ0n) is 12.2. The molecule has 0 atom stereocenters. The Balaban J connectivity index is 2.26. The number of nitrogens with zero attached hydrogens (tertiary/aromatic N) is 1. The van der Waals surface area contributed by atoms with Crippen molar-refractivity contribution in [3.8, 4) is 0 Å². The first-order valence-corrected chi connectivity index (χ1v) is 6.61. The molecule has 2 rings (SSSR count). The summed E-state index contributed by atoms with van der Waals surface area (Å²) in [6.07, 6.45) is 0. The first kappa shape index (κ1) is 13.5. The number of nitrogen functional groups attached to an aromatic ring is 1. The highest BCUT2D eigenvalue weighted by molar-refractivity contribution is 5.56. The molecule has 0 aliphatic rings. The molecule has 0 aromatic heterocycles. The monoisotopic (exact) mass is 254 g/mol. The summed E-state index contributed by atoms with van der Waals surface area (Å²) in [4.78, 5) is 2.24. The SMILES string of the molecule is Cc1cc(C)c(CN(C)c2cccc(N)c2)c(C)c1. The molecule has 0 aliphatic carbocycles. The third-order valence-corrected chi connectivity index (χ3v) is 3.55. The van der Waals surface area contributed by atoms with Gasteiger partial charge in [-0.3, -0.25) is 0 Å². The van der Waals surface area contributed by atoms with E-state index in [0.717, 1.165) is 17.9 Å². The van der Waals surface area contributed by atoms with E-state index in [4.69, 9.17) is 5.73 Å². The van der Waals surface area contributed by atoms with E-state index in [2.05, 4.69) is 50.9 Å². The fraction of sp³-hybridized carbons (Fsp3) is 0.294. The van der Waals surface area contributed by atoms with Crippen LogP contribution in [0.15, 0.2) is 36.4 Å². The smallest absolute Gasteiger partial charge is 0.0431 e. The zero-order chi connectivity index (χ0) is 14.0. The highest BCUT2D eigenvalue weighted by Crippen LogP contribution is 2.22. The molecule has 0 spiro atoms. The fourth-order valence-corrected chi connectivity index (χ4v) is 2.55. The van der Waals surface area contributed by atoms with Crippen LogP contribution in [0.4, 0.5) is 11.4 Å². The molecule has 0 saturated carbocycles. The van der Waals surface area contributed by atoms with Crippen molar-refractivity contribution < 1.29 is 0 Å². The van der Waals surface area contributed by atoms with Crippen molar-refractivity contribution in [2.75, 3.05) is 17.7 Å². The maximum atomic E-state index is 5.84. The average Bonchev–Trinajstić information content (AvgIpc) is 2.33. The Labute approximate surface area is 115 Å². The second-order valence-corrected chi connectivity index (χ2v) is 5.33. The summed E-state index contributed by atoms with van der Waals surface area (Å²) in [7, 11) is 2.10. The number of anilines is 2. The van der Waals surface area contributed by atoms with Crippen molar-refractivity contribution in [3.63, 3.8) is 0 Å². The first-order chi connectivity index (χ1) is 8.97. The molecule has 0 bridgehead atoms. The van der Waals surface area contributed by atoms with Crippen LogP contribution < -0.4 is 10.6 Å². The largest absolute Gasteiger partial charge is 0.399 e. The highest BCUT2D eigenvalue weighted by atomic mass is 15.1. The second-order valence-electron chi connectivity index (χ2n) is 5.33. The van der Waals surface area contributed by atoms with Crippen molar-refractivity contribution in [2.45, 2.75) is 27.3 Å². The first-order valence-electron chi connectivity index (χ1n) is 6.61. The van der Waals surface area contributed by atoms with Gasteiger partial charge in [0.1, 0.15) is 0 Å². The molecule has 0 radical (unpaired) electrons. The third-order valence-electron chi connectivity index (χ3n) is 3.55. The van der Waals surface area contributed by atoms with E-state index in [1.807, 2.05) is 18.2 Å². The van der Waals surface area contributed by atoms with Gasteiger partial charge in [0.25, 0.3) is 0 Å². The lowest BCUT2D eigenvalue weighted by atomic mass is 9.99. The van der Waals surface area contributed by atoms with Gasteiger partial charge in [0, 0.05) is 25.0 Å². The lowest BCUT2D eigenvalue weighted by Gasteiger charge is -2.22. The van der Waals surface area contributed by atoms with E-state index in [1.165, 1.54) is 22.3 Å². The van der Waals surface area contributed by atoms with E-state index in [0.29, 0.717) is 0 Å². The van der Waals surface area contributed by atoms with Gasteiger partial charge < -0.3 is 10.6 Å².